The molecule has 2 rings (SSSR count). The molecule has 1 aliphatic heterocycles. The molecule has 9 heavy (non-hydrogen) atoms. The van der Waals surface area contributed by atoms with Crippen molar-refractivity contribution >= 4 is 5.97 Å². The number of carbonyl (C=O) groups is 1. The summed E-state index contributed by atoms with van der Waals surface area (Å²) in [5, 5.41) is 0. The smallest absolute Gasteiger partial charge is 0.309 e. The second-order valence-corrected chi connectivity index (χ2v) is 2.93. The zero-order valence-electron chi connectivity index (χ0n) is 5.30. The summed E-state index contributed by atoms with van der Waals surface area (Å²) in [6.45, 7) is 0.698. The van der Waals surface area contributed by atoms with E-state index >= 15 is 0 Å². The molecule has 0 aromatic carbocycles. The Morgan fingerprint density at radius 1 is 1.44 bits per heavy atom. The van der Waals surface area contributed by atoms with Crippen LogP contribution in [-0.4, -0.2) is 12.6 Å². The number of hydrogen-bond donors (Lipinski definition) is 0. The molecule has 1 saturated heterocycles. The number of cyclic esters (lactones) is 1. The van der Waals surface area contributed by atoms with E-state index in [-0.39, 0.29) is 11.9 Å². The first kappa shape index (κ1) is 5.27. The summed E-state index contributed by atoms with van der Waals surface area (Å²) in [6.07, 6.45) is 3.50. The highest BCUT2D eigenvalue weighted by atomic mass is 16.5. The van der Waals surface area contributed by atoms with Crippen molar-refractivity contribution < 1.29 is 9.53 Å². The molecule has 2 heteroatoms. The highest BCUT2D eigenvalue weighted by Crippen LogP contribution is 2.36. The minimum Gasteiger partial charge on any atom is -0.465 e. The summed E-state index contributed by atoms with van der Waals surface area (Å²) in [5.41, 5.74) is 0. The minimum atomic E-state index is 0.0532. The van der Waals surface area contributed by atoms with Crippen LogP contribution in [0, 0.1) is 11.8 Å². The van der Waals surface area contributed by atoms with Gasteiger partial charge in [0, 0.05) is 5.92 Å². The summed E-state index contributed by atoms with van der Waals surface area (Å²) in [6, 6.07) is 0. The van der Waals surface area contributed by atoms with Gasteiger partial charge in [0.25, 0.3) is 0 Å². The van der Waals surface area contributed by atoms with Gasteiger partial charge in [-0.2, -0.15) is 0 Å². The van der Waals surface area contributed by atoms with Crippen molar-refractivity contribution in [2.24, 2.45) is 11.8 Å². The SMILES string of the molecule is O=C1OC[C@@H]2CCC[C@@H]12. The maximum Gasteiger partial charge on any atom is 0.309 e. The predicted molar refractivity (Wildman–Crippen MR) is 31.8 cm³/mol. The third-order valence-electron chi connectivity index (χ3n) is 2.40. The molecule has 2 nitrogen and oxygen atoms in total. The molecule has 0 aromatic rings. The maximum absolute atomic E-state index is 10.8. The Bertz CT molecular complexity index is 142. The Labute approximate surface area is 54.2 Å². The fraction of sp³-hybridized carbons (Fsp3) is 0.857. The standard InChI is InChI=1S/C7H10O2/c8-7-6-3-1-2-5(6)4-9-7/h5-6H,1-4H2/t5-,6+/m0/s1. The van der Waals surface area contributed by atoms with Crippen molar-refractivity contribution in [2.45, 2.75) is 19.3 Å². The lowest BCUT2D eigenvalue weighted by atomic mass is 10.0. The van der Waals surface area contributed by atoms with E-state index in [4.69, 9.17) is 4.74 Å². The van der Waals surface area contributed by atoms with Crippen LogP contribution >= 0.6 is 0 Å². The first-order valence-corrected chi connectivity index (χ1v) is 3.54. The Kier molecular flexibility index (Phi) is 1.01. The molecule has 1 aliphatic carbocycles. The molecule has 0 aromatic heterocycles. The van der Waals surface area contributed by atoms with Crippen molar-refractivity contribution in [2.75, 3.05) is 6.61 Å². The first-order chi connectivity index (χ1) is 4.38. The lowest BCUT2D eigenvalue weighted by Crippen LogP contribution is -2.07. The Balaban J connectivity index is 2.15. The van der Waals surface area contributed by atoms with Gasteiger partial charge in [-0.1, -0.05) is 6.42 Å². The normalized spacial score (nSPS) is 40.7. The zero-order valence-corrected chi connectivity index (χ0v) is 5.30. The van der Waals surface area contributed by atoms with Crippen LogP contribution in [0.2, 0.25) is 0 Å². The van der Waals surface area contributed by atoms with Crippen LogP contribution in [0.15, 0.2) is 0 Å². The van der Waals surface area contributed by atoms with Crippen molar-refractivity contribution in [3.63, 3.8) is 0 Å². The number of rotatable bonds is 0. The van der Waals surface area contributed by atoms with E-state index < -0.39 is 0 Å². The molecule has 2 fully saturated rings. The lowest BCUT2D eigenvalue weighted by molar-refractivity contribution is -0.141. The molecule has 1 heterocycles. The fourth-order valence-corrected chi connectivity index (χ4v) is 1.84. The molecule has 0 amide bonds. The zero-order chi connectivity index (χ0) is 6.27. The maximum atomic E-state index is 10.8. The van der Waals surface area contributed by atoms with Crippen LogP contribution in [0.25, 0.3) is 0 Å². The molecule has 50 valence electrons. The second-order valence-electron chi connectivity index (χ2n) is 2.93. The molecule has 2 atom stereocenters. The van der Waals surface area contributed by atoms with Crippen molar-refractivity contribution in [3.05, 3.63) is 0 Å². The monoisotopic (exact) mass is 126 g/mol. The molecule has 0 spiro atoms. The van der Waals surface area contributed by atoms with Gasteiger partial charge in [-0.05, 0) is 12.8 Å². The van der Waals surface area contributed by atoms with Gasteiger partial charge in [0.05, 0.1) is 12.5 Å². The number of carbonyl (C=O) groups excluding carboxylic acids is 1. The number of esters is 1. The van der Waals surface area contributed by atoms with E-state index in [9.17, 15) is 4.79 Å². The molecule has 0 unspecified atom stereocenters. The fourth-order valence-electron chi connectivity index (χ4n) is 1.84. The number of ether oxygens (including phenoxy) is 1. The highest BCUT2D eigenvalue weighted by molar-refractivity contribution is 5.75. The molecule has 0 N–H and O–H groups in total. The van der Waals surface area contributed by atoms with Gasteiger partial charge >= 0.3 is 5.97 Å². The molecular formula is C7H10O2. The van der Waals surface area contributed by atoms with Crippen molar-refractivity contribution in [3.8, 4) is 0 Å². The summed E-state index contributed by atoms with van der Waals surface area (Å²) in [5.74, 6) is 0.917. The van der Waals surface area contributed by atoms with Crippen LogP contribution in [0.4, 0.5) is 0 Å². The number of hydrogen-bond acceptors (Lipinski definition) is 2. The third-order valence-corrected chi connectivity index (χ3v) is 2.40. The van der Waals surface area contributed by atoms with Crippen LogP contribution in [0.5, 0.6) is 0 Å². The highest BCUT2D eigenvalue weighted by Gasteiger charge is 2.39. The van der Waals surface area contributed by atoms with E-state index in [0.29, 0.717) is 12.5 Å². The van der Waals surface area contributed by atoms with Crippen LogP contribution < -0.4 is 0 Å². The lowest BCUT2D eigenvalue weighted by Gasteiger charge is -1.97. The van der Waals surface area contributed by atoms with E-state index in [1.54, 1.807) is 0 Å². The van der Waals surface area contributed by atoms with Crippen LogP contribution in [0.3, 0.4) is 0 Å². The van der Waals surface area contributed by atoms with E-state index in [0.717, 1.165) is 6.42 Å². The Morgan fingerprint density at radius 2 is 2.33 bits per heavy atom. The van der Waals surface area contributed by atoms with Crippen molar-refractivity contribution in [1.29, 1.82) is 0 Å². The van der Waals surface area contributed by atoms with Gasteiger partial charge in [-0.25, -0.2) is 0 Å². The second kappa shape index (κ2) is 1.72. The average Bonchev–Trinajstić information content (AvgIpc) is 2.35. The topological polar surface area (TPSA) is 26.3 Å². The minimum absolute atomic E-state index is 0.0532. The van der Waals surface area contributed by atoms with Gasteiger partial charge in [0.2, 0.25) is 0 Å². The molecule has 0 radical (unpaired) electrons. The quantitative estimate of drug-likeness (QED) is 0.452. The summed E-state index contributed by atoms with van der Waals surface area (Å²) in [7, 11) is 0. The van der Waals surface area contributed by atoms with E-state index in [1.807, 2.05) is 0 Å². The van der Waals surface area contributed by atoms with Gasteiger partial charge in [-0.3, -0.25) is 4.79 Å². The van der Waals surface area contributed by atoms with E-state index in [2.05, 4.69) is 0 Å². The Morgan fingerprint density at radius 3 is 3.11 bits per heavy atom. The van der Waals surface area contributed by atoms with Crippen LogP contribution in [-0.2, 0) is 9.53 Å². The van der Waals surface area contributed by atoms with Gasteiger partial charge in [0.1, 0.15) is 0 Å². The van der Waals surface area contributed by atoms with Gasteiger partial charge < -0.3 is 4.74 Å². The van der Waals surface area contributed by atoms with E-state index in [1.165, 1.54) is 12.8 Å². The number of fused-ring (bicyclic) bond motifs is 1. The summed E-state index contributed by atoms with van der Waals surface area (Å²) in [4.78, 5) is 10.8. The van der Waals surface area contributed by atoms with Gasteiger partial charge in [-0.15, -0.1) is 0 Å². The van der Waals surface area contributed by atoms with Crippen molar-refractivity contribution in [1.82, 2.24) is 0 Å². The largest absolute Gasteiger partial charge is 0.465 e. The molecular weight excluding hydrogens is 116 g/mol. The summed E-state index contributed by atoms with van der Waals surface area (Å²) < 4.78 is 4.88. The molecule has 1 saturated carbocycles. The predicted octanol–water partition coefficient (Wildman–Crippen LogP) is 0.960. The average molecular weight is 126 g/mol. The third kappa shape index (κ3) is 0.655. The molecule has 2 aliphatic rings. The summed E-state index contributed by atoms with van der Waals surface area (Å²) >= 11 is 0. The Hall–Kier alpha value is -0.530. The molecule has 0 bridgehead atoms. The van der Waals surface area contributed by atoms with Gasteiger partial charge in [0.15, 0.2) is 0 Å². The first-order valence-electron chi connectivity index (χ1n) is 3.54. The van der Waals surface area contributed by atoms with Crippen LogP contribution in [0.1, 0.15) is 19.3 Å².